The average molecular weight is 378 g/mol. The first kappa shape index (κ1) is 20.3. The van der Waals surface area contributed by atoms with Crippen LogP contribution in [0.4, 0.5) is 0 Å². The molecule has 1 heterocycles. The fraction of sp³-hybridized carbons (Fsp3) is 0.375. The summed E-state index contributed by atoms with van der Waals surface area (Å²) in [4.78, 5) is 17.4. The minimum atomic E-state index is -0.104. The van der Waals surface area contributed by atoms with Crippen molar-refractivity contribution in [2.75, 3.05) is 32.7 Å². The molecule has 2 aromatic carbocycles. The lowest BCUT2D eigenvalue weighted by Crippen LogP contribution is -2.54. The molecular weight excluding hydrogens is 346 g/mol. The first-order chi connectivity index (χ1) is 13.6. The summed E-state index contributed by atoms with van der Waals surface area (Å²) < 4.78 is 0. The molecule has 1 aliphatic heterocycles. The summed E-state index contributed by atoms with van der Waals surface area (Å²) in [6.45, 7) is 8.83. The Hall–Kier alpha value is -2.43. The van der Waals surface area contributed by atoms with Crippen molar-refractivity contribution in [3.05, 3.63) is 77.9 Å². The minimum Gasteiger partial charge on any atom is -0.348 e. The van der Waals surface area contributed by atoms with E-state index >= 15 is 0 Å². The molecule has 3 rings (SSSR count). The predicted octanol–water partition coefficient (Wildman–Crippen LogP) is 3.58. The van der Waals surface area contributed by atoms with E-state index < -0.39 is 0 Å². The van der Waals surface area contributed by atoms with Gasteiger partial charge in [0.05, 0.1) is 12.1 Å². The number of nitrogens with one attached hydrogen (secondary N) is 1. The number of benzene rings is 2. The lowest BCUT2D eigenvalue weighted by molar-refractivity contribution is -0.127. The molecular formula is C24H31N3O. The summed E-state index contributed by atoms with van der Waals surface area (Å²) in [5.74, 6) is 0.105. The van der Waals surface area contributed by atoms with Crippen molar-refractivity contribution in [2.24, 2.45) is 0 Å². The highest BCUT2D eigenvalue weighted by atomic mass is 16.2. The smallest absolute Gasteiger partial charge is 0.237 e. The molecule has 2 atom stereocenters. The minimum absolute atomic E-state index is 0.0283. The van der Waals surface area contributed by atoms with E-state index in [-0.39, 0.29) is 18.0 Å². The van der Waals surface area contributed by atoms with Gasteiger partial charge in [0.25, 0.3) is 0 Å². The Kier molecular flexibility index (Phi) is 7.40. The third kappa shape index (κ3) is 5.78. The zero-order valence-corrected chi connectivity index (χ0v) is 16.9. The van der Waals surface area contributed by atoms with Crippen molar-refractivity contribution in [3.63, 3.8) is 0 Å². The third-order valence-electron chi connectivity index (χ3n) is 5.47. The van der Waals surface area contributed by atoms with Gasteiger partial charge in [-0.2, -0.15) is 0 Å². The van der Waals surface area contributed by atoms with E-state index in [4.69, 9.17) is 0 Å². The molecule has 1 N–H and O–H groups in total. The summed E-state index contributed by atoms with van der Waals surface area (Å²) in [6, 6.07) is 20.4. The fourth-order valence-electron chi connectivity index (χ4n) is 3.56. The number of hydrogen-bond donors (Lipinski definition) is 1. The van der Waals surface area contributed by atoms with Crippen LogP contribution in [-0.2, 0) is 4.79 Å². The molecule has 1 amide bonds. The van der Waals surface area contributed by atoms with Gasteiger partial charge in [0.1, 0.15) is 0 Å². The Balaban J connectivity index is 1.42. The van der Waals surface area contributed by atoms with Crippen LogP contribution in [0, 0.1) is 0 Å². The van der Waals surface area contributed by atoms with E-state index in [9.17, 15) is 4.79 Å². The maximum absolute atomic E-state index is 12.7. The molecule has 28 heavy (non-hydrogen) atoms. The van der Waals surface area contributed by atoms with Crippen LogP contribution in [0.2, 0.25) is 0 Å². The van der Waals surface area contributed by atoms with Crippen LogP contribution >= 0.6 is 0 Å². The first-order valence-corrected chi connectivity index (χ1v) is 10.2. The molecule has 1 fully saturated rings. The maximum Gasteiger partial charge on any atom is 0.237 e. The van der Waals surface area contributed by atoms with Gasteiger partial charge in [0.15, 0.2) is 0 Å². The van der Waals surface area contributed by atoms with E-state index in [2.05, 4.69) is 63.7 Å². The summed E-state index contributed by atoms with van der Waals surface area (Å²) in [5.41, 5.74) is 2.37. The molecule has 0 radical (unpaired) electrons. The van der Waals surface area contributed by atoms with Gasteiger partial charge in [-0.25, -0.2) is 0 Å². The number of amides is 1. The largest absolute Gasteiger partial charge is 0.348 e. The fourth-order valence-corrected chi connectivity index (χ4v) is 3.56. The Morgan fingerprint density at radius 1 is 0.964 bits per heavy atom. The van der Waals surface area contributed by atoms with Crippen molar-refractivity contribution < 1.29 is 4.79 Å². The maximum atomic E-state index is 12.7. The molecule has 0 spiro atoms. The molecule has 2 aromatic rings. The van der Waals surface area contributed by atoms with Gasteiger partial charge in [0, 0.05) is 32.7 Å². The SMILES string of the molecule is C[C@H](C(=O)N[C@H](C)c1ccccc1)N1CCN(C/C=C/c2ccccc2)CC1. The molecule has 0 aromatic heterocycles. The lowest BCUT2D eigenvalue weighted by atomic mass is 10.1. The highest BCUT2D eigenvalue weighted by Gasteiger charge is 2.26. The molecule has 148 valence electrons. The standard InChI is InChI=1S/C24H31N3O/c1-20(23-13-7-4-8-14-23)25-24(28)21(2)27-18-16-26(17-19-27)15-9-12-22-10-5-3-6-11-22/h3-14,20-21H,15-19H2,1-2H3,(H,25,28)/b12-9+/t20-,21-/m1/s1. The molecule has 1 saturated heterocycles. The predicted molar refractivity (Wildman–Crippen MR) is 116 cm³/mol. The molecule has 4 heteroatoms. The van der Waals surface area contributed by atoms with Gasteiger partial charge < -0.3 is 5.32 Å². The van der Waals surface area contributed by atoms with Gasteiger partial charge >= 0.3 is 0 Å². The second kappa shape index (κ2) is 10.2. The topological polar surface area (TPSA) is 35.6 Å². The van der Waals surface area contributed by atoms with Crippen LogP contribution < -0.4 is 5.32 Å². The number of hydrogen-bond acceptors (Lipinski definition) is 3. The summed E-state index contributed by atoms with van der Waals surface area (Å²) in [7, 11) is 0. The first-order valence-electron chi connectivity index (χ1n) is 10.2. The Labute approximate surface area is 168 Å². The van der Waals surface area contributed by atoms with Gasteiger partial charge in [-0.15, -0.1) is 0 Å². The Bertz CT molecular complexity index is 752. The van der Waals surface area contributed by atoms with Crippen LogP contribution in [0.15, 0.2) is 66.7 Å². The molecule has 0 bridgehead atoms. The third-order valence-corrected chi connectivity index (χ3v) is 5.47. The number of carbonyl (C=O) groups is 1. The van der Waals surface area contributed by atoms with Crippen molar-refractivity contribution in [1.82, 2.24) is 15.1 Å². The van der Waals surface area contributed by atoms with Crippen LogP contribution in [0.3, 0.4) is 0 Å². The zero-order chi connectivity index (χ0) is 19.8. The van der Waals surface area contributed by atoms with E-state index in [0.29, 0.717) is 0 Å². The number of nitrogens with zero attached hydrogens (tertiary/aromatic N) is 2. The average Bonchev–Trinajstić information content (AvgIpc) is 2.75. The van der Waals surface area contributed by atoms with E-state index in [0.717, 1.165) is 38.3 Å². The quantitative estimate of drug-likeness (QED) is 0.801. The molecule has 1 aliphatic rings. The lowest BCUT2D eigenvalue weighted by Gasteiger charge is -2.37. The van der Waals surface area contributed by atoms with Crippen molar-refractivity contribution in [1.29, 1.82) is 0 Å². The van der Waals surface area contributed by atoms with E-state index in [1.54, 1.807) is 0 Å². The zero-order valence-electron chi connectivity index (χ0n) is 16.9. The van der Waals surface area contributed by atoms with Crippen LogP contribution in [0.5, 0.6) is 0 Å². The van der Waals surface area contributed by atoms with Crippen LogP contribution in [0.1, 0.15) is 31.0 Å². The van der Waals surface area contributed by atoms with Gasteiger partial charge in [-0.05, 0) is 25.0 Å². The van der Waals surface area contributed by atoms with Crippen LogP contribution in [-0.4, -0.2) is 54.5 Å². The Morgan fingerprint density at radius 3 is 2.21 bits per heavy atom. The molecule has 0 saturated carbocycles. The van der Waals surface area contributed by atoms with Crippen molar-refractivity contribution in [3.8, 4) is 0 Å². The van der Waals surface area contributed by atoms with E-state index in [1.807, 2.05) is 38.1 Å². The van der Waals surface area contributed by atoms with Crippen LogP contribution in [0.25, 0.3) is 6.08 Å². The van der Waals surface area contributed by atoms with Gasteiger partial charge in [0.2, 0.25) is 5.91 Å². The highest BCUT2D eigenvalue weighted by molar-refractivity contribution is 5.81. The number of piperazine rings is 1. The monoisotopic (exact) mass is 377 g/mol. The molecule has 0 unspecified atom stereocenters. The number of rotatable bonds is 7. The molecule has 4 nitrogen and oxygen atoms in total. The normalized spacial score (nSPS) is 18.1. The highest BCUT2D eigenvalue weighted by Crippen LogP contribution is 2.13. The van der Waals surface area contributed by atoms with Gasteiger partial charge in [-0.3, -0.25) is 14.6 Å². The summed E-state index contributed by atoms with van der Waals surface area (Å²) in [5, 5.41) is 3.15. The Morgan fingerprint density at radius 2 is 1.57 bits per heavy atom. The summed E-state index contributed by atoms with van der Waals surface area (Å²) in [6.07, 6.45) is 4.40. The molecule has 0 aliphatic carbocycles. The van der Waals surface area contributed by atoms with Gasteiger partial charge in [-0.1, -0.05) is 72.8 Å². The second-order valence-electron chi connectivity index (χ2n) is 7.47. The second-order valence-corrected chi connectivity index (χ2v) is 7.47. The van der Waals surface area contributed by atoms with Crippen molar-refractivity contribution >= 4 is 12.0 Å². The number of carbonyl (C=O) groups excluding carboxylic acids is 1. The summed E-state index contributed by atoms with van der Waals surface area (Å²) >= 11 is 0. The van der Waals surface area contributed by atoms with E-state index in [1.165, 1.54) is 5.56 Å². The van der Waals surface area contributed by atoms with Crippen molar-refractivity contribution in [2.45, 2.75) is 25.9 Å².